The number of benzene rings is 1. The molecule has 2 aromatic rings. The fourth-order valence-electron chi connectivity index (χ4n) is 2.17. The fourth-order valence-corrected chi connectivity index (χ4v) is 2.17. The average molecular weight is 230 g/mol. The maximum atomic E-state index is 3.46. The van der Waals surface area contributed by atoms with Gasteiger partial charge in [0.15, 0.2) is 0 Å². The van der Waals surface area contributed by atoms with Crippen molar-refractivity contribution in [3.05, 3.63) is 35.5 Å². The Hall–Kier alpha value is -1.28. The third-order valence-electron chi connectivity index (χ3n) is 3.10. The summed E-state index contributed by atoms with van der Waals surface area (Å²) in [6, 6.07) is 7.18. The Kier molecular flexibility index (Phi) is 3.85. The molecule has 0 spiro atoms. The molecule has 0 amide bonds. The Morgan fingerprint density at radius 3 is 2.88 bits per heavy atom. The van der Waals surface area contributed by atoms with Crippen molar-refractivity contribution in [3.63, 3.8) is 0 Å². The van der Waals surface area contributed by atoms with Gasteiger partial charge in [0.2, 0.25) is 0 Å². The molecule has 0 unspecified atom stereocenters. The van der Waals surface area contributed by atoms with Crippen LogP contribution in [0.3, 0.4) is 0 Å². The number of aromatic amines is 1. The van der Waals surface area contributed by atoms with Crippen molar-refractivity contribution in [2.24, 2.45) is 0 Å². The summed E-state index contributed by atoms with van der Waals surface area (Å²) >= 11 is 0. The zero-order chi connectivity index (χ0) is 12.3. The predicted molar refractivity (Wildman–Crippen MR) is 74.5 cm³/mol. The van der Waals surface area contributed by atoms with Crippen molar-refractivity contribution in [1.82, 2.24) is 10.3 Å². The number of H-pyrrole nitrogens is 1. The van der Waals surface area contributed by atoms with Crippen molar-refractivity contribution in [2.45, 2.75) is 39.7 Å². The molecule has 2 heteroatoms. The summed E-state index contributed by atoms with van der Waals surface area (Å²) in [7, 11) is 0. The molecule has 1 aromatic carbocycles. The number of nitrogens with one attached hydrogen (secondary N) is 2. The molecule has 17 heavy (non-hydrogen) atoms. The summed E-state index contributed by atoms with van der Waals surface area (Å²) in [4.78, 5) is 3.34. The van der Waals surface area contributed by atoms with Crippen molar-refractivity contribution >= 4 is 10.9 Å². The molecule has 2 nitrogen and oxygen atoms in total. The Labute approximate surface area is 103 Å². The van der Waals surface area contributed by atoms with E-state index in [4.69, 9.17) is 0 Å². The molecule has 0 aliphatic rings. The highest BCUT2D eigenvalue weighted by atomic mass is 14.9. The number of aromatic nitrogens is 1. The molecule has 0 radical (unpaired) electrons. The van der Waals surface area contributed by atoms with Crippen LogP contribution < -0.4 is 5.32 Å². The molecule has 0 atom stereocenters. The molecular weight excluding hydrogens is 208 g/mol. The standard InChI is InChI=1S/C15H22N2/c1-11(2)16-8-4-5-13-10-17-15-7-6-12(3)9-14(13)15/h6-7,9-11,16-17H,4-5,8H2,1-3H3. The molecule has 1 aromatic heterocycles. The minimum atomic E-state index is 0.584. The maximum Gasteiger partial charge on any atom is 0.0456 e. The molecule has 1 heterocycles. The monoisotopic (exact) mass is 230 g/mol. The van der Waals surface area contributed by atoms with Gasteiger partial charge in [0, 0.05) is 23.1 Å². The van der Waals surface area contributed by atoms with E-state index in [9.17, 15) is 0 Å². The van der Waals surface area contributed by atoms with E-state index in [0.717, 1.165) is 13.0 Å². The number of rotatable bonds is 5. The van der Waals surface area contributed by atoms with Crippen molar-refractivity contribution in [3.8, 4) is 0 Å². The third-order valence-corrected chi connectivity index (χ3v) is 3.10. The Bertz CT molecular complexity index is 483. The highest BCUT2D eigenvalue weighted by Gasteiger charge is 2.03. The van der Waals surface area contributed by atoms with Gasteiger partial charge in [0.05, 0.1) is 0 Å². The quantitative estimate of drug-likeness (QED) is 0.757. The minimum absolute atomic E-state index is 0.584. The van der Waals surface area contributed by atoms with E-state index in [1.54, 1.807) is 0 Å². The molecule has 0 saturated carbocycles. The van der Waals surface area contributed by atoms with Gasteiger partial charge in [-0.1, -0.05) is 25.5 Å². The van der Waals surface area contributed by atoms with Crippen LogP contribution in [0.4, 0.5) is 0 Å². The normalized spacial score (nSPS) is 11.5. The van der Waals surface area contributed by atoms with E-state index in [-0.39, 0.29) is 0 Å². The van der Waals surface area contributed by atoms with Crippen LogP contribution in [-0.4, -0.2) is 17.6 Å². The van der Waals surface area contributed by atoms with Gasteiger partial charge in [-0.05, 0) is 44.0 Å². The number of hydrogen-bond donors (Lipinski definition) is 2. The SMILES string of the molecule is Cc1ccc2[nH]cc(CCCNC(C)C)c2c1. The lowest BCUT2D eigenvalue weighted by atomic mass is 10.1. The third kappa shape index (κ3) is 3.10. The zero-order valence-electron chi connectivity index (χ0n) is 11.0. The zero-order valence-corrected chi connectivity index (χ0v) is 11.0. The van der Waals surface area contributed by atoms with Crippen LogP contribution in [0.2, 0.25) is 0 Å². The number of fused-ring (bicyclic) bond motifs is 1. The number of hydrogen-bond acceptors (Lipinski definition) is 1. The van der Waals surface area contributed by atoms with Crippen molar-refractivity contribution < 1.29 is 0 Å². The van der Waals surface area contributed by atoms with Crippen LogP contribution in [-0.2, 0) is 6.42 Å². The topological polar surface area (TPSA) is 27.8 Å². The molecule has 0 aliphatic heterocycles. The highest BCUT2D eigenvalue weighted by molar-refractivity contribution is 5.83. The smallest absolute Gasteiger partial charge is 0.0456 e. The average Bonchev–Trinajstić information content (AvgIpc) is 2.67. The summed E-state index contributed by atoms with van der Waals surface area (Å²) in [5.74, 6) is 0. The van der Waals surface area contributed by atoms with E-state index in [0.29, 0.717) is 6.04 Å². The summed E-state index contributed by atoms with van der Waals surface area (Å²) in [5, 5.41) is 4.84. The molecule has 92 valence electrons. The van der Waals surface area contributed by atoms with Crippen LogP contribution in [0.25, 0.3) is 10.9 Å². The van der Waals surface area contributed by atoms with Crippen LogP contribution in [0, 0.1) is 6.92 Å². The van der Waals surface area contributed by atoms with Crippen LogP contribution in [0.1, 0.15) is 31.4 Å². The lowest BCUT2D eigenvalue weighted by Gasteiger charge is -2.07. The fraction of sp³-hybridized carbons (Fsp3) is 0.467. The Morgan fingerprint density at radius 1 is 1.29 bits per heavy atom. The van der Waals surface area contributed by atoms with Gasteiger partial charge in [-0.2, -0.15) is 0 Å². The summed E-state index contributed by atoms with van der Waals surface area (Å²) in [6.45, 7) is 7.62. The summed E-state index contributed by atoms with van der Waals surface area (Å²) in [5.41, 5.74) is 4.02. The van der Waals surface area contributed by atoms with Gasteiger partial charge in [0.1, 0.15) is 0 Å². The predicted octanol–water partition coefficient (Wildman–Crippen LogP) is 3.41. The molecular formula is C15H22N2. The summed E-state index contributed by atoms with van der Waals surface area (Å²) < 4.78 is 0. The first kappa shape index (κ1) is 12.2. The first-order valence-electron chi connectivity index (χ1n) is 6.47. The van der Waals surface area contributed by atoms with E-state index in [2.05, 4.69) is 55.5 Å². The minimum Gasteiger partial charge on any atom is -0.361 e. The molecule has 0 aliphatic carbocycles. The Morgan fingerprint density at radius 2 is 2.12 bits per heavy atom. The van der Waals surface area contributed by atoms with Gasteiger partial charge in [-0.15, -0.1) is 0 Å². The van der Waals surface area contributed by atoms with Gasteiger partial charge >= 0.3 is 0 Å². The van der Waals surface area contributed by atoms with E-state index in [1.807, 2.05) is 0 Å². The number of aryl methyl sites for hydroxylation is 2. The van der Waals surface area contributed by atoms with Gasteiger partial charge in [-0.25, -0.2) is 0 Å². The van der Waals surface area contributed by atoms with Gasteiger partial charge in [-0.3, -0.25) is 0 Å². The second kappa shape index (κ2) is 5.37. The molecule has 0 saturated heterocycles. The molecule has 0 fully saturated rings. The van der Waals surface area contributed by atoms with E-state index < -0.39 is 0 Å². The van der Waals surface area contributed by atoms with Crippen molar-refractivity contribution in [1.29, 1.82) is 0 Å². The molecule has 0 bridgehead atoms. The Balaban J connectivity index is 2.01. The van der Waals surface area contributed by atoms with Crippen LogP contribution in [0.15, 0.2) is 24.4 Å². The molecule has 2 rings (SSSR count). The highest BCUT2D eigenvalue weighted by Crippen LogP contribution is 2.20. The second-order valence-corrected chi connectivity index (χ2v) is 5.08. The first-order chi connectivity index (χ1) is 8.16. The van der Waals surface area contributed by atoms with E-state index in [1.165, 1.54) is 28.5 Å². The van der Waals surface area contributed by atoms with E-state index >= 15 is 0 Å². The summed E-state index contributed by atoms with van der Waals surface area (Å²) in [6.07, 6.45) is 4.49. The lowest BCUT2D eigenvalue weighted by Crippen LogP contribution is -2.23. The lowest BCUT2D eigenvalue weighted by molar-refractivity contribution is 0.571. The van der Waals surface area contributed by atoms with Gasteiger partial charge in [0.25, 0.3) is 0 Å². The maximum absolute atomic E-state index is 3.46. The second-order valence-electron chi connectivity index (χ2n) is 5.08. The van der Waals surface area contributed by atoms with Gasteiger partial charge < -0.3 is 10.3 Å². The largest absolute Gasteiger partial charge is 0.361 e. The first-order valence-corrected chi connectivity index (χ1v) is 6.47. The van der Waals surface area contributed by atoms with Crippen LogP contribution in [0.5, 0.6) is 0 Å². The van der Waals surface area contributed by atoms with Crippen molar-refractivity contribution in [2.75, 3.05) is 6.54 Å². The van der Waals surface area contributed by atoms with Crippen LogP contribution >= 0.6 is 0 Å². The molecule has 2 N–H and O–H groups in total.